The van der Waals surface area contributed by atoms with Crippen LogP contribution >= 0.6 is 0 Å². The van der Waals surface area contributed by atoms with Crippen LogP contribution in [0.2, 0.25) is 12.1 Å². The zero-order valence-corrected chi connectivity index (χ0v) is 41.3. The standard InChI is InChI=1S/C40H81N9O12Si2/c1-8-9-24-41-35(50)42-25-16-10-13-19-30-47-38(53)48(31-20-14-11-17-26-43-36(51)45-28-22-33-62(56-2,57-3)58-4)40(55)49(39(47)54)32-21-15-12-18-27-44-37(52)46-29-23-34-63(59-5,60-6)61-7/h8-34H2,1-7H3,(H2,41,42,50)(H2,43,45,51)(H2,44,46,52). The Hall–Kier alpha value is -3.59. The molecular formula is C40H81N9O12Si2. The van der Waals surface area contributed by atoms with Crippen molar-refractivity contribution in [1.82, 2.24) is 45.6 Å². The smallest absolute Gasteiger partial charge is 0.377 e. The summed E-state index contributed by atoms with van der Waals surface area (Å²) in [6.07, 6.45) is 11.7. The number of amides is 6. The molecule has 0 saturated heterocycles. The van der Waals surface area contributed by atoms with Gasteiger partial charge in [0.2, 0.25) is 0 Å². The molecule has 0 aliphatic heterocycles. The first kappa shape index (κ1) is 57.4. The van der Waals surface area contributed by atoms with Crippen LogP contribution in [0.5, 0.6) is 0 Å². The Labute approximate surface area is 376 Å². The zero-order chi connectivity index (χ0) is 46.8. The predicted molar refractivity (Wildman–Crippen MR) is 246 cm³/mol. The Bertz CT molecular complexity index is 1480. The van der Waals surface area contributed by atoms with Crippen molar-refractivity contribution in [2.24, 2.45) is 0 Å². The first-order valence-electron chi connectivity index (χ1n) is 22.7. The lowest BCUT2D eigenvalue weighted by molar-refractivity contribution is 0.122. The van der Waals surface area contributed by atoms with Crippen LogP contribution in [0.3, 0.4) is 0 Å². The highest BCUT2D eigenvalue weighted by Crippen LogP contribution is 2.15. The minimum atomic E-state index is -2.68. The van der Waals surface area contributed by atoms with E-state index in [2.05, 4.69) is 38.8 Å². The average Bonchev–Trinajstić information content (AvgIpc) is 3.29. The highest BCUT2D eigenvalue weighted by Gasteiger charge is 2.37. The van der Waals surface area contributed by atoms with Crippen molar-refractivity contribution < 1.29 is 40.9 Å². The molecule has 0 spiro atoms. The lowest BCUT2D eigenvalue weighted by Gasteiger charge is -2.24. The number of carbonyl (C=O) groups is 3. The lowest BCUT2D eigenvalue weighted by Crippen LogP contribution is -2.54. The number of aromatic nitrogens is 3. The van der Waals surface area contributed by atoms with Crippen molar-refractivity contribution in [2.45, 2.75) is 141 Å². The summed E-state index contributed by atoms with van der Waals surface area (Å²) in [5.41, 5.74) is -1.81. The first-order valence-corrected chi connectivity index (χ1v) is 26.6. The molecule has 0 aliphatic rings. The molecule has 1 aromatic heterocycles. The largest absolute Gasteiger partial charge is 0.500 e. The summed E-state index contributed by atoms with van der Waals surface area (Å²) in [5, 5.41) is 17.0. The molecule has 0 aromatic carbocycles. The van der Waals surface area contributed by atoms with Gasteiger partial charge in [0.25, 0.3) is 0 Å². The Kier molecular flexibility index (Phi) is 31.7. The Balaban J connectivity index is 2.68. The number of hydrogen-bond donors (Lipinski definition) is 6. The molecule has 0 unspecified atom stereocenters. The van der Waals surface area contributed by atoms with Crippen molar-refractivity contribution >= 4 is 35.7 Å². The Morgan fingerprint density at radius 3 is 0.873 bits per heavy atom. The summed E-state index contributed by atoms with van der Waals surface area (Å²) in [6.45, 7) is 5.62. The van der Waals surface area contributed by atoms with E-state index in [0.29, 0.717) is 83.5 Å². The average molecular weight is 936 g/mol. The number of nitrogens with one attached hydrogen (secondary N) is 6. The van der Waals surface area contributed by atoms with Crippen LogP contribution in [0.1, 0.15) is 110 Å². The predicted octanol–water partition coefficient (Wildman–Crippen LogP) is 3.09. The highest BCUT2D eigenvalue weighted by molar-refractivity contribution is 6.60. The molecule has 0 fully saturated rings. The van der Waals surface area contributed by atoms with Crippen LogP contribution in [-0.4, -0.2) is 131 Å². The van der Waals surface area contributed by atoms with Gasteiger partial charge in [-0.15, -0.1) is 0 Å². The number of carbonyl (C=O) groups excluding carboxylic acids is 3. The fourth-order valence-corrected chi connectivity index (χ4v) is 10.2. The van der Waals surface area contributed by atoms with E-state index in [1.165, 1.54) is 13.7 Å². The topological polar surface area (TPSA) is 245 Å². The molecule has 1 rings (SSSR count). The monoisotopic (exact) mass is 936 g/mol. The van der Waals surface area contributed by atoms with Crippen molar-refractivity contribution in [2.75, 3.05) is 81.9 Å². The van der Waals surface area contributed by atoms with Gasteiger partial charge in [0.05, 0.1) is 0 Å². The maximum atomic E-state index is 13.6. The van der Waals surface area contributed by atoms with E-state index in [1.807, 2.05) is 0 Å². The third kappa shape index (κ3) is 23.3. The van der Waals surface area contributed by atoms with Crippen LogP contribution in [0.4, 0.5) is 14.4 Å². The molecule has 366 valence electrons. The fourth-order valence-electron chi connectivity index (χ4n) is 6.80. The summed E-state index contributed by atoms with van der Waals surface area (Å²) in [4.78, 5) is 77.1. The van der Waals surface area contributed by atoms with Crippen LogP contribution in [0, 0.1) is 0 Å². The summed E-state index contributed by atoms with van der Waals surface area (Å²) in [5.74, 6) is 0. The maximum Gasteiger partial charge on any atom is 0.500 e. The van der Waals surface area contributed by atoms with Crippen molar-refractivity contribution in [3.8, 4) is 0 Å². The number of unbranched alkanes of at least 4 members (excludes halogenated alkanes) is 10. The second-order valence-electron chi connectivity index (χ2n) is 15.2. The second-order valence-corrected chi connectivity index (χ2v) is 21.4. The molecule has 6 N–H and O–H groups in total. The highest BCUT2D eigenvalue weighted by atomic mass is 28.4. The minimum Gasteiger partial charge on any atom is -0.377 e. The molecular weight excluding hydrogens is 855 g/mol. The van der Waals surface area contributed by atoms with Crippen molar-refractivity contribution in [3.05, 3.63) is 31.5 Å². The van der Waals surface area contributed by atoms with E-state index < -0.39 is 34.7 Å². The van der Waals surface area contributed by atoms with E-state index in [1.54, 1.807) is 42.7 Å². The van der Waals surface area contributed by atoms with Gasteiger partial charge in [-0.3, -0.25) is 0 Å². The third-order valence-corrected chi connectivity index (χ3v) is 16.4. The molecule has 1 heterocycles. The molecule has 0 bridgehead atoms. The van der Waals surface area contributed by atoms with Gasteiger partial charge in [0.1, 0.15) is 0 Å². The number of urea groups is 3. The Morgan fingerprint density at radius 1 is 0.381 bits per heavy atom. The molecule has 6 amide bonds. The molecule has 63 heavy (non-hydrogen) atoms. The molecule has 1 aromatic rings. The maximum absolute atomic E-state index is 13.6. The third-order valence-electron chi connectivity index (χ3n) is 10.7. The molecule has 21 nitrogen and oxygen atoms in total. The molecule has 0 atom stereocenters. The van der Waals surface area contributed by atoms with Crippen molar-refractivity contribution in [1.29, 1.82) is 0 Å². The van der Waals surface area contributed by atoms with Gasteiger partial charge < -0.3 is 58.5 Å². The molecule has 23 heteroatoms. The fraction of sp³-hybridized carbons (Fsp3) is 0.850. The van der Waals surface area contributed by atoms with E-state index in [-0.39, 0.29) is 37.7 Å². The molecule has 0 saturated carbocycles. The van der Waals surface area contributed by atoms with E-state index in [4.69, 9.17) is 26.6 Å². The van der Waals surface area contributed by atoms with Gasteiger partial charge in [-0.25, -0.2) is 42.5 Å². The zero-order valence-electron chi connectivity index (χ0n) is 39.3. The summed E-state index contributed by atoms with van der Waals surface area (Å²) in [7, 11) is 3.96. The first-order chi connectivity index (χ1) is 30.4. The van der Waals surface area contributed by atoms with E-state index >= 15 is 0 Å². The normalized spacial score (nSPS) is 11.7. The van der Waals surface area contributed by atoms with Crippen LogP contribution < -0.4 is 49.0 Å². The lowest BCUT2D eigenvalue weighted by atomic mass is 10.2. The van der Waals surface area contributed by atoms with E-state index in [9.17, 15) is 28.8 Å². The second kappa shape index (κ2) is 34.8. The van der Waals surface area contributed by atoms with E-state index in [0.717, 1.165) is 70.6 Å². The van der Waals surface area contributed by atoms with Crippen molar-refractivity contribution in [3.63, 3.8) is 0 Å². The van der Waals surface area contributed by atoms with Gasteiger partial charge in [-0.1, -0.05) is 51.9 Å². The van der Waals surface area contributed by atoms with Crippen LogP contribution in [0.15, 0.2) is 14.4 Å². The summed E-state index contributed by atoms with van der Waals surface area (Å²) in [6, 6.07) is 0.445. The molecule has 0 radical (unpaired) electrons. The minimum absolute atomic E-state index is 0.175. The molecule has 0 aliphatic carbocycles. The van der Waals surface area contributed by atoms with Gasteiger partial charge in [-0.2, -0.15) is 0 Å². The number of hydrogen-bond acceptors (Lipinski definition) is 12. The summed E-state index contributed by atoms with van der Waals surface area (Å²) >= 11 is 0. The number of nitrogens with zero attached hydrogens (tertiary/aromatic N) is 3. The van der Waals surface area contributed by atoms with Gasteiger partial charge in [0, 0.05) is 114 Å². The summed E-state index contributed by atoms with van der Waals surface area (Å²) < 4.78 is 35.9. The number of rotatable bonds is 38. The van der Waals surface area contributed by atoms with Gasteiger partial charge in [-0.05, 0) is 57.8 Å². The Morgan fingerprint density at radius 2 is 0.619 bits per heavy atom. The van der Waals surface area contributed by atoms with Gasteiger partial charge >= 0.3 is 52.8 Å². The van der Waals surface area contributed by atoms with Crippen LogP contribution in [-0.2, 0) is 46.2 Å². The SMILES string of the molecule is CCCCNC(=O)NCCCCCCn1c(=O)n(CCCCCCNC(=O)NCCC[Si](OC)(OC)OC)c(=O)n(CCCCCCNC(=O)NCCC[Si](OC)(OC)OC)c1=O. The van der Waals surface area contributed by atoms with Gasteiger partial charge in [0.15, 0.2) is 0 Å². The van der Waals surface area contributed by atoms with Crippen LogP contribution in [0.25, 0.3) is 0 Å². The quantitative estimate of drug-likeness (QED) is 0.0414.